The van der Waals surface area contributed by atoms with E-state index in [2.05, 4.69) is 38.2 Å². The maximum Gasteiger partial charge on any atom is 0.408 e. The highest BCUT2D eigenvalue weighted by Gasteiger charge is 2.23. The average Bonchev–Trinajstić information content (AvgIpc) is 2.57. The van der Waals surface area contributed by atoms with Gasteiger partial charge < -0.3 is 10.1 Å². The minimum Gasteiger partial charge on any atom is -0.444 e. The number of nitrogens with one attached hydrogen (secondary N) is 1. The molecule has 4 heteroatoms. The maximum absolute atomic E-state index is 11.8. The molecule has 1 amide bonds. The molecule has 0 saturated heterocycles. The van der Waals surface area contributed by atoms with Crippen LogP contribution in [0, 0.1) is 12.8 Å². The molecule has 0 aromatic carbocycles. The molecule has 1 atom stereocenters. The van der Waals surface area contributed by atoms with Gasteiger partial charge in [-0.15, -0.1) is 11.3 Å². The Morgan fingerprint density at radius 2 is 1.94 bits per heavy atom. The first-order valence-electron chi connectivity index (χ1n) is 6.25. The van der Waals surface area contributed by atoms with Crippen molar-refractivity contribution in [2.45, 2.75) is 53.2 Å². The van der Waals surface area contributed by atoms with E-state index in [1.54, 1.807) is 11.3 Å². The van der Waals surface area contributed by atoms with E-state index >= 15 is 0 Å². The smallest absolute Gasteiger partial charge is 0.408 e. The van der Waals surface area contributed by atoms with E-state index in [1.165, 1.54) is 9.75 Å². The second kappa shape index (κ2) is 5.74. The van der Waals surface area contributed by atoms with Crippen molar-refractivity contribution in [3.05, 3.63) is 21.9 Å². The van der Waals surface area contributed by atoms with Crippen LogP contribution in [0.5, 0.6) is 0 Å². The molecule has 1 aromatic heterocycles. The normalized spacial score (nSPS) is 13.5. The van der Waals surface area contributed by atoms with Crippen molar-refractivity contribution in [1.29, 1.82) is 0 Å². The number of hydrogen-bond acceptors (Lipinski definition) is 3. The molecular formula is C14H23NO2S. The van der Waals surface area contributed by atoms with Crippen LogP contribution in [0.4, 0.5) is 4.79 Å². The summed E-state index contributed by atoms with van der Waals surface area (Å²) in [6, 6.07) is 4.16. The number of rotatable bonds is 3. The Bertz CT molecular complexity index is 404. The van der Waals surface area contributed by atoms with Crippen molar-refractivity contribution >= 4 is 17.4 Å². The lowest BCUT2D eigenvalue weighted by Crippen LogP contribution is -2.36. The maximum atomic E-state index is 11.8. The van der Waals surface area contributed by atoms with Gasteiger partial charge in [-0.2, -0.15) is 0 Å². The summed E-state index contributed by atoms with van der Waals surface area (Å²) in [5.41, 5.74) is -0.461. The molecule has 0 aliphatic rings. The quantitative estimate of drug-likeness (QED) is 0.889. The van der Waals surface area contributed by atoms with E-state index in [0.717, 1.165) is 0 Å². The van der Waals surface area contributed by atoms with Crippen LogP contribution in [0.2, 0.25) is 0 Å². The van der Waals surface area contributed by atoms with Crippen LogP contribution < -0.4 is 5.32 Å². The van der Waals surface area contributed by atoms with Gasteiger partial charge in [-0.25, -0.2) is 4.79 Å². The molecule has 0 bridgehead atoms. The van der Waals surface area contributed by atoms with Crippen LogP contribution >= 0.6 is 11.3 Å². The van der Waals surface area contributed by atoms with Crippen LogP contribution in [0.3, 0.4) is 0 Å². The largest absolute Gasteiger partial charge is 0.444 e. The Hall–Kier alpha value is -1.03. The van der Waals surface area contributed by atoms with Crippen LogP contribution in [-0.2, 0) is 4.74 Å². The molecule has 1 N–H and O–H groups in total. The van der Waals surface area contributed by atoms with Crippen molar-refractivity contribution in [3.8, 4) is 0 Å². The minimum atomic E-state index is -0.461. The predicted molar refractivity (Wildman–Crippen MR) is 76.0 cm³/mol. The van der Waals surface area contributed by atoms with Gasteiger partial charge in [0.2, 0.25) is 0 Å². The molecule has 1 aromatic rings. The fourth-order valence-electron chi connectivity index (χ4n) is 1.62. The number of thiophene rings is 1. The van der Waals surface area contributed by atoms with Gasteiger partial charge in [-0.05, 0) is 45.7 Å². The molecular weight excluding hydrogens is 246 g/mol. The lowest BCUT2D eigenvalue weighted by molar-refractivity contribution is 0.0491. The monoisotopic (exact) mass is 269 g/mol. The Kier molecular flexibility index (Phi) is 4.79. The number of aryl methyl sites for hydroxylation is 1. The number of ether oxygens (including phenoxy) is 1. The summed E-state index contributed by atoms with van der Waals surface area (Å²) in [6.45, 7) is 11.9. The Morgan fingerprint density at radius 1 is 1.33 bits per heavy atom. The van der Waals surface area contributed by atoms with E-state index in [1.807, 2.05) is 20.8 Å². The second-order valence-corrected chi connectivity index (χ2v) is 7.14. The summed E-state index contributed by atoms with van der Waals surface area (Å²) in [5.74, 6) is 0.329. The fourth-order valence-corrected chi connectivity index (χ4v) is 2.72. The van der Waals surface area contributed by atoms with Crippen LogP contribution in [0.1, 0.15) is 50.4 Å². The van der Waals surface area contributed by atoms with Crippen LogP contribution in [0.25, 0.3) is 0 Å². The van der Waals surface area contributed by atoms with Gasteiger partial charge in [0.25, 0.3) is 0 Å². The summed E-state index contributed by atoms with van der Waals surface area (Å²) >= 11 is 1.71. The van der Waals surface area contributed by atoms with E-state index in [0.29, 0.717) is 5.92 Å². The fraction of sp³-hybridized carbons (Fsp3) is 0.643. The van der Waals surface area contributed by atoms with Crippen molar-refractivity contribution in [3.63, 3.8) is 0 Å². The molecule has 0 aliphatic carbocycles. The summed E-state index contributed by atoms with van der Waals surface area (Å²) in [4.78, 5) is 14.3. The zero-order valence-electron chi connectivity index (χ0n) is 12.0. The minimum absolute atomic E-state index is 0.0125. The zero-order chi connectivity index (χ0) is 13.9. The van der Waals surface area contributed by atoms with Gasteiger partial charge in [-0.1, -0.05) is 13.8 Å². The third kappa shape index (κ3) is 4.69. The molecule has 0 aliphatic heterocycles. The predicted octanol–water partition coefficient (Wildman–Crippen LogP) is 4.28. The highest BCUT2D eigenvalue weighted by molar-refractivity contribution is 7.12. The van der Waals surface area contributed by atoms with Crippen LogP contribution in [-0.4, -0.2) is 11.7 Å². The summed E-state index contributed by atoms with van der Waals surface area (Å²) < 4.78 is 5.30. The first-order valence-corrected chi connectivity index (χ1v) is 7.06. The summed E-state index contributed by atoms with van der Waals surface area (Å²) in [6.07, 6.45) is -0.354. The zero-order valence-corrected chi connectivity index (χ0v) is 12.9. The van der Waals surface area contributed by atoms with E-state index in [9.17, 15) is 4.79 Å². The molecule has 0 radical (unpaired) electrons. The Labute approximate surface area is 114 Å². The molecule has 1 rings (SSSR count). The molecule has 1 heterocycles. The summed E-state index contributed by atoms with van der Waals surface area (Å²) in [7, 11) is 0. The van der Waals surface area contributed by atoms with E-state index < -0.39 is 5.60 Å². The van der Waals surface area contributed by atoms with Crippen LogP contribution in [0.15, 0.2) is 12.1 Å². The first kappa shape index (κ1) is 15.0. The average molecular weight is 269 g/mol. The highest BCUT2D eigenvalue weighted by Crippen LogP contribution is 2.28. The number of amides is 1. The topological polar surface area (TPSA) is 38.3 Å². The standard InChI is InChI=1S/C14H23NO2S/c1-9(2)12(11-8-7-10(3)18-11)15-13(16)17-14(4,5)6/h7-9,12H,1-6H3,(H,15,16). The second-order valence-electron chi connectivity index (χ2n) is 5.82. The van der Waals surface area contributed by atoms with Gasteiger partial charge in [-0.3, -0.25) is 0 Å². The number of hydrogen-bond donors (Lipinski definition) is 1. The van der Waals surface area contributed by atoms with Gasteiger partial charge in [0.05, 0.1) is 6.04 Å². The molecule has 0 fully saturated rings. The number of alkyl carbamates (subject to hydrolysis) is 1. The number of carbonyl (C=O) groups is 1. The first-order chi connectivity index (χ1) is 8.19. The Morgan fingerprint density at radius 3 is 2.33 bits per heavy atom. The molecule has 3 nitrogen and oxygen atoms in total. The Balaban J connectivity index is 2.73. The highest BCUT2D eigenvalue weighted by atomic mass is 32.1. The van der Waals surface area contributed by atoms with Gasteiger partial charge >= 0.3 is 6.09 Å². The summed E-state index contributed by atoms with van der Waals surface area (Å²) in [5, 5.41) is 2.95. The molecule has 0 spiro atoms. The third-order valence-electron chi connectivity index (χ3n) is 2.41. The lowest BCUT2D eigenvalue weighted by Gasteiger charge is -2.25. The van der Waals surface area contributed by atoms with Gasteiger partial charge in [0.15, 0.2) is 0 Å². The van der Waals surface area contributed by atoms with Crippen molar-refractivity contribution < 1.29 is 9.53 Å². The van der Waals surface area contributed by atoms with Gasteiger partial charge in [0.1, 0.15) is 5.60 Å². The molecule has 18 heavy (non-hydrogen) atoms. The SMILES string of the molecule is Cc1ccc(C(NC(=O)OC(C)(C)C)C(C)C)s1. The van der Waals surface area contributed by atoms with Crippen molar-refractivity contribution in [2.24, 2.45) is 5.92 Å². The van der Waals surface area contributed by atoms with Crippen molar-refractivity contribution in [2.75, 3.05) is 0 Å². The molecule has 1 unspecified atom stereocenters. The van der Waals surface area contributed by atoms with Crippen molar-refractivity contribution in [1.82, 2.24) is 5.32 Å². The van der Waals surface area contributed by atoms with E-state index in [-0.39, 0.29) is 12.1 Å². The molecule has 102 valence electrons. The third-order valence-corrected chi connectivity index (χ3v) is 3.49. The lowest BCUT2D eigenvalue weighted by atomic mass is 10.0. The van der Waals surface area contributed by atoms with Gasteiger partial charge in [0, 0.05) is 9.75 Å². The number of carbonyl (C=O) groups excluding carboxylic acids is 1. The molecule has 0 saturated carbocycles. The van der Waals surface area contributed by atoms with E-state index in [4.69, 9.17) is 4.74 Å².